The molecule has 0 aromatic heterocycles. The van der Waals surface area contributed by atoms with Crippen molar-refractivity contribution in [3.63, 3.8) is 0 Å². The number of aliphatic hydroxyl groups excluding tert-OH is 11. The lowest BCUT2D eigenvalue weighted by molar-refractivity contribution is -0.379. The highest BCUT2D eigenvalue weighted by Crippen LogP contribution is 2.33. The van der Waals surface area contributed by atoms with Crippen molar-refractivity contribution in [2.24, 2.45) is 0 Å². The van der Waals surface area contributed by atoms with Crippen molar-refractivity contribution in [3.05, 3.63) is 122 Å². The van der Waals surface area contributed by atoms with Crippen LogP contribution in [0, 0.1) is 0 Å². The van der Waals surface area contributed by atoms with Crippen molar-refractivity contribution < 1.29 is 89.4 Å². The van der Waals surface area contributed by atoms with Crippen LogP contribution in [0.3, 0.4) is 0 Å². The van der Waals surface area contributed by atoms with E-state index in [0.717, 1.165) is 96.3 Å². The Hall–Kier alpha value is -3.81. The van der Waals surface area contributed by atoms with Crippen LogP contribution in [0.4, 0.5) is 0 Å². The Morgan fingerprint density at radius 2 is 0.775 bits per heavy atom. The number of carbonyl (C=O) groups excluding carboxylic acids is 1. The molecule has 12 N–H and O–H groups in total. The minimum absolute atomic E-state index is 0.232. The molecule has 0 aromatic rings. The predicted molar refractivity (Wildman–Crippen MR) is 346 cm³/mol. The highest BCUT2D eigenvalue weighted by atomic mass is 16.8. The molecule has 3 heterocycles. The molecule has 3 aliphatic rings. The van der Waals surface area contributed by atoms with E-state index >= 15 is 0 Å². The normalized spacial score (nSPS) is 29.0. The SMILES string of the molecule is CC/C=C\C/C=C\C/C=C\C/C=C\C/C=C\C/C=C\C/C=C\C/C=C\C/C=C\CCCCCCCCCCCCCCCC(=O)NC(COC1OC(CO)C(OC2OC(CO)C(OC3OC(CO)C(O)C(O)C3O)C(O)C2O)C(O)C1O)C(O)/C=C/CCC. The molecule has 3 saturated heterocycles. The fraction of sp³-hybridized carbons (Fsp3) is 0.700. The zero-order valence-electron chi connectivity index (χ0n) is 53.4. The molecular formula is C70H115NO18. The number of hydrogen-bond donors (Lipinski definition) is 12. The molecule has 0 radical (unpaired) electrons. The van der Waals surface area contributed by atoms with E-state index in [0.29, 0.717) is 12.8 Å². The number of hydrogen-bond acceptors (Lipinski definition) is 18. The Balaban J connectivity index is 1.22. The summed E-state index contributed by atoms with van der Waals surface area (Å²) in [5, 5.41) is 119. The van der Waals surface area contributed by atoms with Crippen LogP contribution in [0.15, 0.2) is 122 Å². The summed E-state index contributed by atoms with van der Waals surface area (Å²) in [7, 11) is 0. The molecular weight excluding hydrogens is 1140 g/mol. The predicted octanol–water partition coefficient (Wildman–Crippen LogP) is 8.04. The molecule has 0 bridgehead atoms. The largest absolute Gasteiger partial charge is 0.394 e. The third kappa shape index (κ3) is 33.0. The Bertz CT molecular complexity index is 2090. The number of ether oxygens (including phenoxy) is 6. The molecule has 3 aliphatic heterocycles. The van der Waals surface area contributed by atoms with E-state index in [2.05, 4.69) is 122 Å². The molecule has 1 amide bonds. The molecule has 0 spiro atoms. The van der Waals surface area contributed by atoms with Crippen LogP contribution in [-0.4, -0.2) is 193 Å². The average molecular weight is 1260 g/mol. The topological polar surface area (TPSA) is 307 Å². The number of carbonyl (C=O) groups is 1. The van der Waals surface area contributed by atoms with Gasteiger partial charge in [-0.2, -0.15) is 0 Å². The van der Waals surface area contributed by atoms with Gasteiger partial charge in [-0.1, -0.05) is 212 Å². The number of allylic oxidation sites excluding steroid dienone is 19. The average Bonchev–Trinajstić information content (AvgIpc) is 1.74. The van der Waals surface area contributed by atoms with Gasteiger partial charge in [0.15, 0.2) is 18.9 Å². The van der Waals surface area contributed by atoms with Crippen LogP contribution in [0.25, 0.3) is 0 Å². The molecule has 17 atom stereocenters. The maximum Gasteiger partial charge on any atom is 0.220 e. The minimum Gasteiger partial charge on any atom is -0.394 e. The Morgan fingerprint density at radius 3 is 1.19 bits per heavy atom. The first kappa shape index (κ1) is 79.4. The standard InChI is InChI=1S/C70H115NO18/c1-3-5-7-8-9-10-11-12-13-14-15-16-17-18-19-20-21-22-23-24-25-26-27-28-29-30-31-32-33-34-35-36-37-38-39-40-41-42-43-44-46-48-58(76)71-53(54(75)47-45-6-4-2)52-84-68-64(82)61(79)66(56(50-73)86-68)89-70-65(83)62(80)67(57(51-74)87-70)88-69-63(81)60(78)59(77)55(49-72)85-69/h5,7,9-10,12-13,15-16,18-19,21-22,24-25,27-28,30-31,45,47,53-57,59-70,72-75,77-83H,3-4,6,8,11,14,17,20,23,26,29,32-44,46,48-52H2,1-2H3,(H,71,76)/b7-5-,10-9-,13-12-,16-15-,19-18-,22-21-,25-24-,28-27-,31-30-,47-45+. The van der Waals surface area contributed by atoms with Crippen LogP contribution < -0.4 is 5.32 Å². The van der Waals surface area contributed by atoms with Crippen LogP contribution in [0.1, 0.15) is 181 Å². The summed E-state index contributed by atoms with van der Waals surface area (Å²) in [5.74, 6) is -0.295. The highest BCUT2D eigenvalue weighted by molar-refractivity contribution is 5.76. The smallest absolute Gasteiger partial charge is 0.220 e. The van der Waals surface area contributed by atoms with E-state index in [1.165, 1.54) is 51.4 Å². The maximum absolute atomic E-state index is 13.2. The molecule has 89 heavy (non-hydrogen) atoms. The zero-order valence-corrected chi connectivity index (χ0v) is 53.4. The van der Waals surface area contributed by atoms with Gasteiger partial charge in [-0.15, -0.1) is 0 Å². The number of aliphatic hydroxyl groups is 11. The molecule has 17 unspecified atom stereocenters. The molecule has 508 valence electrons. The molecule has 19 nitrogen and oxygen atoms in total. The van der Waals surface area contributed by atoms with E-state index in [4.69, 9.17) is 28.4 Å². The maximum atomic E-state index is 13.2. The van der Waals surface area contributed by atoms with Crippen LogP contribution in [0.2, 0.25) is 0 Å². The monoisotopic (exact) mass is 1260 g/mol. The minimum atomic E-state index is -1.98. The van der Waals surface area contributed by atoms with Crippen LogP contribution in [-0.2, 0) is 33.2 Å². The lowest BCUT2D eigenvalue weighted by Gasteiger charge is -2.48. The third-order valence-electron chi connectivity index (χ3n) is 15.7. The fourth-order valence-electron chi connectivity index (χ4n) is 10.4. The van der Waals surface area contributed by atoms with E-state index < -0.39 is 124 Å². The van der Waals surface area contributed by atoms with Crippen molar-refractivity contribution in [1.29, 1.82) is 0 Å². The van der Waals surface area contributed by atoms with Crippen LogP contribution in [0.5, 0.6) is 0 Å². The second kappa shape index (κ2) is 50.7. The number of amides is 1. The van der Waals surface area contributed by atoms with Gasteiger partial charge in [0.05, 0.1) is 38.6 Å². The van der Waals surface area contributed by atoms with Crippen LogP contribution >= 0.6 is 0 Å². The van der Waals surface area contributed by atoms with Gasteiger partial charge in [-0.3, -0.25) is 4.79 Å². The number of unbranched alkanes of at least 4 members (excludes halogenated alkanes) is 14. The van der Waals surface area contributed by atoms with Crippen molar-refractivity contribution in [1.82, 2.24) is 5.32 Å². The Labute approximate surface area is 531 Å². The molecule has 3 rings (SSSR count). The van der Waals surface area contributed by atoms with Gasteiger partial charge in [0.1, 0.15) is 73.2 Å². The van der Waals surface area contributed by atoms with Gasteiger partial charge >= 0.3 is 0 Å². The highest BCUT2D eigenvalue weighted by Gasteiger charge is 2.53. The van der Waals surface area contributed by atoms with E-state index in [-0.39, 0.29) is 18.9 Å². The van der Waals surface area contributed by atoms with E-state index in [1.54, 1.807) is 12.2 Å². The third-order valence-corrected chi connectivity index (χ3v) is 15.7. The first-order valence-electron chi connectivity index (χ1n) is 33.3. The van der Waals surface area contributed by atoms with E-state index in [1.807, 2.05) is 6.92 Å². The Kier molecular flexibility index (Phi) is 45.3. The number of nitrogens with one attached hydrogen (secondary N) is 1. The fourth-order valence-corrected chi connectivity index (χ4v) is 10.4. The second-order valence-electron chi connectivity index (χ2n) is 23.2. The van der Waals surface area contributed by atoms with Gasteiger partial charge in [-0.05, 0) is 83.5 Å². The summed E-state index contributed by atoms with van der Waals surface area (Å²) in [6.45, 7) is 1.34. The lowest BCUT2D eigenvalue weighted by atomic mass is 9.96. The summed E-state index contributed by atoms with van der Waals surface area (Å²) in [6, 6.07) is -0.975. The van der Waals surface area contributed by atoms with Gasteiger partial charge in [0.2, 0.25) is 5.91 Å². The van der Waals surface area contributed by atoms with Gasteiger partial charge in [-0.25, -0.2) is 0 Å². The first-order valence-corrected chi connectivity index (χ1v) is 33.3. The summed E-state index contributed by atoms with van der Waals surface area (Å²) < 4.78 is 34.0. The summed E-state index contributed by atoms with van der Waals surface area (Å²) in [5.41, 5.74) is 0. The first-order chi connectivity index (χ1) is 43.3. The van der Waals surface area contributed by atoms with Crippen molar-refractivity contribution in [2.45, 2.75) is 285 Å². The summed E-state index contributed by atoms with van der Waals surface area (Å²) in [4.78, 5) is 13.2. The molecule has 0 saturated carbocycles. The van der Waals surface area contributed by atoms with Crippen molar-refractivity contribution >= 4 is 5.91 Å². The summed E-state index contributed by atoms with van der Waals surface area (Å²) >= 11 is 0. The number of rotatable bonds is 48. The van der Waals surface area contributed by atoms with Crippen molar-refractivity contribution in [2.75, 3.05) is 26.4 Å². The Morgan fingerprint density at radius 1 is 0.416 bits per heavy atom. The van der Waals surface area contributed by atoms with Gasteiger partial charge in [0.25, 0.3) is 0 Å². The van der Waals surface area contributed by atoms with E-state index in [9.17, 15) is 61.0 Å². The quantitative estimate of drug-likeness (QED) is 0.0203. The molecule has 3 fully saturated rings. The summed E-state index contributed by atoms with van der Waals surface area (Å²) in [6.07, 6.45) is 43.4. The molecule has 0 aliphatic carbocycles. The van der Waals surface area contributed by atoms with Crippen molar-refractivity contribution in [3.8, 4) is 0 Å². The lowest BCUT2D eigenvalue weighted by Crippen LogP contribution is -2.66. The molecule has 19 heteroatoms. The second-order valence-corrected chi connectivity index (χ2v) is 23.2. The zero-order chi connectivity index (χ0) is 64.7. The van der Waals surface area contributed by atoms with Gasteiger partial charge < -0.3 is 89.9 Å². The van der Waals surface area contributed by atoms with Gasteiger partial charge in [0, 0.05) is 6.42 Å². The molecule has 0 aromatic carbocycles.